The molecule has 0 aliphatic heterocycles. The van der Waals surface area contributed by atoms with Gasteiger partial charge in [-0.1, -0.05) is 61.8 Å². The Hall–Kier alpha value is -1.60. The van der Waals surface area contributed by atoms with Crippen LogP contribution in [0.4, 0.5) is 0 Å². The molecule has 0 fully saturated rings. The highest BCUT2D eigenvalue weighted by Gasteiger charge is 2.12. The molecule has 2 heteroatoms. The molecule has 1 nitrogen and oxygen atoms in total. The fourth-order valence-electron chi connectivity index (χ4n) is 2.16. The molecular formula is C18H19ClO. The van der Waals surface area contributed by atoms with Gasteiger partial charge in [0.1, 0.15) is 0 Å². The first kappa shape index (κ1) is 14.8. The van der Waals surface area contributed by atoms with Crippen molar-refractivity contribution >= 4 is 17.4 Å². The maximum Gasteiger partial charge on any atom is 0.168 e. The number of rotatable bonds is 4. The van der Waals surface area contributed by atoms with Gasteiger partial charge in [-0.2, -0.15) is 0 Å². The summed E-state index contributed by atoms with van der Waals surface area (Å²) in [4.78, 5) is 12.3. The van der Waals surface area contributed by atoms with Gasteiger partial charge in [0.25, 0.3) is 0 Å². The highest BCUT2D eigenvalue weighted by atomic mass is 35.5. The lowest BCUT2D eigenvalue weighted by atomic mass is 9.98. The van der Waals surface area contributed by atoms with Gasteiger partial charge in [0.05, 0.1) is 5.02 Å². The summed E-state index contributed by atoms with van der Waals surface area (Å²) >= 11 is 6.20. The molecule has 2 aromatic carbocycles. The molecule has 20 heavy (non-hydrogen) atoms. The van der Waals surface area contributed by atoms with Crippen molar-refractivity contribution in [2.75, 3.05) is 0 Å². The molecule has 0 aliphatic rings. The van der Waals surface area contributed by atoms with Gasteiger partial charge in [-0.25, -0.2) is 0 Å². The van der Waals surface area contributed by atoms with Crippen molar-refractivity contribution in [2.45, 2.75) is 33.1 Å². The fourth-order valence-corrected chi connectivity index (χ4v) is 2.40. The first-order valence-electron chi connectivity index (χ1n) is 6.86. The minimum atomic E-state index is 0.0657. The molecule has 0 amide bonds. The smallest absolute Gasteiger partial charge is 0.168 e. The van der Waals surface area contributed by atoms with E-state index in [4.69, 9.17) is 11.6 Å². The van der Waals surface area contributed by atoms with E-state index in [-0.39, 0.29) is 5.78 Å². The monoisotopic (exact) mass is 286 g/mol. The number of carbonyl (C=O) groups excluding carboxylic acids is 1. The maximum atomic E-state index is 12.3. The number of aryl methyl sites for hydroxylation is 1. The van der Waals surface area contributed by atoms with Gasteiger partial charge in [-0.15, -0.1) is 0 Å². The Bertz CT molecular complexity index is 612. The van der Waals surface area contributed by atoms with Crippen molar-refractivity contribution in [3.63, 3.8) is 0 Å². The van der Waals surface area contributed by atoms with Crippen LogP contribution >= 0.6 is 11.6 Å². The lowest BCUT2D eigenvalue weighted by Gasteiger charge is -2.08. The molecule has 2 aromatic rings. The number of hydrogen-bond donors (Lipinski definition) is 0. The summed E-state index contributed by atoms with van der Waals surface area (Å²) in [5.41, 5.74) is 3.86. The van der Waals surface area contributed by atoms with Crippen LogP contribution in [0.15, 0.2) is 42.5 Å². The largest absolute Gasteiger partial charge is 0.294 e. The molecule has 0 spiro atoms. The Morgan fingerprint density at radius 3 is 2.35 bits per heavy atom. The average Bonchev–Trinajstić information content (AvgIpc) is 2.42. The molecule has 0 radical (unpaired) electrons. The summed E-state index contributed by atoms with van der Waals surface area (Å²) in [5, 5.41) is 0.566. The lowest BCUT2D eigenvalue weighted by Crippen LogP contribution is -2.05. The van der Waals surface area contributed by atoms with E-state index >= 15 is 0 Å². The summed E-state index contributed by atoms with van der Waals surface area (Å²) in [7, 11) is 0. The van der Waals surface area contributed by atoms with E-state index in [1.165, 1.54) is 5.56 Å². The zero-order chi connectivity index (χ0) is 14.7. The predicted molar refractivity (Wildman–Crippen MR) is 84.8 cm³/mol. The zero-order valence-electron chi connectivity index (χ0n) is 12.1. The molecule has 0 unspecified atom stereocenters. The van der Waals surface area contributed by atoms with Crippen molar-refractivity contribution in [1.29, 1.82) is 0 Å². The third-order valence-corrected chi connectivity index (χ3v) is 4.00. The third kappa shape index (κ3) is 3.29. The molecule has 0 heterocycles. The average molecular weight is 287 g/mol. The van der Waals surface area contributed by atoms with Gasteiger partial charge in [-0.3, -0.25) is 4.79 Å². The van der Waals surface area contributed by atoms with Crippen LogP contribution in [0, 0.1) is 6.92 Å². The summed E-state index contributed by atoms with van der Waals surface area (Å²) in [6.07, 6.45) is 0.390. The van der Waals surface area contributed by atoms with Gasteiger partial charge in [0.15, 0.2) is 5.78 Å². The minimum absolute atomic E-state index is 0.0657. The molecule has 0 saturated carbocycles. The Kier molecular flexibility index (Phi) is 4.61. The fraction of sp³-hybridized carbons (Fsp3) is 0.278. The van der Waals surface area contributed by atoms with Crippen LogP contribution in [0.1, 0.15) is 46.8 Å². The summed E-state index contributed by atoms with van der Waals surface area (Å²) in [6, 6.07) is 13.8. The molecule has 0 bridgehead atoms. The number of halogens is 1. The highest BCUT2D eigenvalue weighted by Crippen LogP contribution is 2.22. The normalized spacial score (nSPS) is 10.8. The van der Waals surface area contributed by atoms with Gasteiger partial charge in [0.2, 0.25) is 0 Å². The van der Waals surface area contributed by atoms with Crippen molar-refractivity contribution in [1.82, 2.24) is 0 Å². The molecule has 0 N–H and O–H groups in total. The summed E-state index contributed by atoms with van der Waals surface area (Å²) < 4.78 is 0. The predicted octanol–water partition coefficient (Wildman–Crippen LogP) is 5.20. The van der Waals surface area contributed by atoms with Crippen LogP contribution in [0.3, 0.4) is 0 Å². The number of Topliss-reactive ketones (excluding diaryl/α,β-unsaturated/α-hetero) is 1. The van der Waals surface area contributed by atoms with Crippen LogP contribution in [-0.2, 0) is 6.42 Å². The molecule has 0 aliphatic carbocycles. The molecule has 0 saturated heterocycles. The quantitative estimate of drug-likeness (QED) is 0.706. The van der Waals surface area contributed by atoms with Crippen LogP contribution in [0.2, 0.25) is 5.02 Å². The number of benzene rings is 2. The van der Waals surface area contributed by atoms with Gasteiger partial charge in [-0.05, 0) is 35.6 Å². The highest BCUT2D eigenvalue weighted by molar-refractivity contribution is 6.34. The molecule has 0 aromatic heterocycles. The number of hydrogen-bond acceptors (Lipinski definition) is 1. The standard InChI is InChI=1S/C18H19ClO/c1-12(2)15-9-7-14(8-10-15)11-17(20)16-6-4-5-13(3)18(16)19/h4-10,12H,11H2,1-3H3. The van der Waals surface area contributed by atoms with Crippen molar-refractivity contribution < 1.29 is 4.79 Å². The zero-order valence-corrected chi connectivity index (χ0v) is 12.9. The van der Waals surface area contributed by atoms with Crippen LogP contribution in [-0.4, -0.2) is 5.78 Å². The van der Waals surface area contributed by atoms with E-state index in [2.05, 4.69) is 26.0 Å². The maximum absolute atomic E-state index is 12.3. The Morgan fingerprint density at radius 2 is 1.75 bits per heavy atom. The van der Waals surface area contributed by atoms with Crippen LogP contribution in [0.25, 0.3) is 0 Å². The molecule has 0 atom stereocenters. The topological polar surface area (TPSA) is 17.1 Å². The minimum Gasteiger partial charge on any atom is -0.294 e. The van der Waals surface area contributed by atoms with Gasteiger partial charge in [0, 0.05) is 12.0 Å². The number of ketones is 1. The molecule has 2 rings (SSSR count). The van der Waals surface area contributed by atoms with Gasteiger partial charge >= 0.3 is 0 Å². The van der Waals surface area contributed by atoms with Crippen LogP contribution < -0.4 is 0 Å². The first-order chi connectivity index (χ1) is 9.49. The van der Waals surface area contributed by atoms with E-state index in [1.54, 1.807) is 6.07 Å². The number of carbonyl (C=O) groups is 1. The second-order valence-corrected chi connectivity index (χ2v) is 5.81. The van der Waals surface area contributed by atoms with Crippen molar-refractivity contribution in [3.8, 4) is 0 Å². The molecule has 104 valence electrons. The van der Waals surface area contributed by atoms with E-state index in [0.29, 0.717) is 22.9 Å². The Morgan fingerprint density at radius 1 is 1.10 bits per heavy atom. The van der Waals surface area contributed by atoms with E-state index in [9.17, 15) is 4.79 Å². The van der Waals surface area contributed by atoms with Gasteiger partial charge < -0.3 is 0 Å². The van der Waals surface area contributed by atoms with E-state index in [0.717, 1.165) is 11.1 Å². The van der Waals surface area contributed by atoms with E-state index < -0.39 is 0 Å². The summed E-state index contributed by atoms with van der Waals surface area (Å²) in [6.45, 7) is 6.23. The second kappa shape index (κ2) is 6.23. The van der Waals surface area contributed by atoms with E-state index in [1.807, 2.05) is 31.2 Å². The van der Waals surface area contributed by atoms with Crippen molar-refractivity contribution in [2.24, 2.45) is 0 Å². The molecular weight excluding hydrogens is 268 g/mol. The van der Waals surface area contributed by atoms with Crippen molar-refractivity contribution in [3.05, 3.63) is 69.7 Å². The Labute approximate surface area is 125 Å². The lowest BCUT2D eigenvalue weighted by molar-refractivity contribution is 0.0993. The Balaban J connectivity index is 2.17. The SMILES string of the molecule is Cc1cccc(C(=O)Cc2ccc(C(C)C)cc2)c1Cl. The third-order valence-electron chi connectivity index (χ3n) is 3.50. The van der Waals surface area contributed by atoms with Crippen LogP contribution in [0.5, 0.6) is 0 Å². The first-order valence-corrected chi connectivity index (χ1v) is 7.24. The second-order valence-electron chi connectivity index (χ2n) is 5.43. The summed E-state index contributed by atoms with van der Waals surface area (Å²) in [5.74, 6) is 0.571.